The van der Waals surface area contributed by atoms with Crippen LogP contribution in [0.2, 0.25) is 0 Å². The van der Waals surface area contributed by atoms with Crippen LogP contribution in [0.15, 0.2) is 23.7 Å². The summed E-state index contributed by atoms with van der Waals surface area (Å²) in [5.74, 6) is -0.211. The van der Waals surface area contributed by atoms with E-state index in [1.807, 2.05) is 24.4 Å². The molecular weight excluding hydrogens is 274 g/mol. The molecule has 0 bridgehead atoms. The van der Waals surface area contributed by atoms with Crippen LogP contribution in [0.3, 0.4) is 0 Å². The monoisotopic (exact) mass is 291 g/mol. The zero-order valence-electron chi connectivity index (χ0n) is 11.5. The first kappa shape index (κ1) is 14.5. The number of nitrogens with one attached hydrogen (secondary N) is 1. The third kappa shape index (κ3) is 4.03. The number of hydrogen-bond acceptors (Lipinski definition) is 6. The van der Waals surface area contributed by atoms with Crippen molar-refractivity contribution in [2.45, 2.75) is 26.3 Å². The summed E-state index contributed by atoms with van der Waals surface area (Å²) in [5.41, 5.74) is 3.07. The minimum absolute atomic E-state index is 0.211. The Kier molecular flexibility index (Phi) is 5.06. The van der Waals surface area contributed by atoms with Gasteiger partial charge in [0.15, 0.2) is 5.13 Å². The zero-order chi connectivity index (χ0) is 14.4. The zero-order valence-corrected chi connectivity index (χ0v) is 12.4. The van der Waals surface area contributed by atoms with Gasteiger partial charge >= 0.3 is 5.97 Å². The molecule has 0 radical (unpaired) electrons. The van der Waals surface area contributed by atoms with Gasteiger partial charge in [-0.25, -0.2) is 4.98 Å². The number of aromatic nitrogens is 2. The third-order valence-corrected chi connectivity index (χ3v) is 3.74. The summed E-state index contributed by atoms with van der Waals surface area (Å²) in [6.45, 7) is 2.68. The second kappa shape index (κ2) is 7.00. The lowest BCUT2D eigenvalue weighted by Crippen LogP contribution is -2.04. The maximum Gasteiger partial charge on any atom is 0.305 e. The highest BCUT2D eigenvalue weighted by Gasteiger charge is 2.06. The lowest BCUT2D eigenvalue weighted by Gasteiger charge is -2.04. The van der Waals surface area contributed by atoms with Gasteiger partial charge in [0.1, 0.15) is 0 Å². The van der Waals surface area contributed by atoms with Crippen molar-refractivity contribution in [3.05, 3.63) is 40.7 Å². The van der Waals surface area contributed by atoms with E-state index in [-0.39, 0.29) is 5.97 Å². The van der Waals surface area contributed by atoms with Crippen molar-refractivity contribution < 1.29 is 9.53 Å². The van der Waals surface area contributed by atoms with Gasteiger partial charge < -0.3 is 10.1 Å². The van der Waals surface area contributed by atoms with Crippen LogP contribution in [0.1, 0.15) is 23.4 Å². The van der Waals surface area contributed by atoms with Crippen molar-refractivity contribution in [2.24, 2.45) is 0 Å². The molecule has 0 atom stereocenters. The maximum atomic E-state index is 11.1. The fourth-order valence-corrected chi connectivity index (χ4v) is 2.44. The number of rotatable bonds is 6. The lowest BCUT2D eigenvalue weighted by molar-refractivity contribution is -0.140. The highest BCUT2D eigenvalue weighted by atomic mass is 32.1. The first-order chi connectivity index (χ1) is 9.69. The molecule has 2 aromatic rings. The number of ether oxygens (including phenoxy) is 1. The van der Waals surface area contributed by atoms with E-state index in [0.717, 1.165) is 22.1 Å². The lowest BCUT2D eigenvalue weighted by atomic mass is 10.2. The second-order valence-electron chi connectivity index (χ2n) is 4.34. The molecule has 0 saturated carbocycles. The molecule has 0 fully saturated rings. The van der Waals surface area contributed by atoms with Crippen LogP contribution in [0, 0.1) is 6.92 Å². The van der Waals surface area contributed by atoms with Crippen molar-refractivity contribution in [1.29, 1.82) is 0 Å². The minimum Gasteiger partial charge on any atom is -0.469 e. The molecule has 0 aliphatic rings. The van der Waals surface area contributed by atoms with Gasteiger partial charge in [0.05, 0.1) is 31.5 Å². The Morgan fingerprint density at radius 1 is 1.50 bits per heavy atom. The standard InChI is InChI=1S/C14H17N3O2S/c1-10-4-3-7-15-12(10)8-16-14-17-11(9-20-14)5-6-13(18)19-2/h3-4,7,9H,5-6,8H2,1-2H3,(H,16,17). The molecule has 2 rings (SSSR count). The summed E-state index contributed by atoms with van der Waals surface area (Å²) < 4.78 is 4.61. The molecule has 0 amide bonds. The Bertz CT molecular complexity index is 583. The second-order valence-corrected chi connectivity index (χ2v) is 5.20. The molecule has 1 N–H and O–H groups in total. The van der Waals surface area contributed by atoms with Gasteiger partial charge in [0.2, 0.25) is 0 Å². The molecule has 0 unspecified atom stereocenters. The Morgan fingerprint density at radius 3 is 3.10 bits per heavy atom. The summed E-state index contributed by atoms with van der Waals surface area (Å²) >= 11 is 1.53. The van der Waals surface area contributed by atoms with Crippen LogP contribution >= 0.6 is 11.3 Å². The Hall–Kier alpha value is -1.95. The third-order valence-electron chi connectivity index (χ3n) is 2.89. The quantitative estimate of drug-likeness (QED) is 0.829. The van der Waals surface area contributed by atoms with Gasteiger partial charge in [-0.15, -0.1) is 11.3 Å². The largest absolute Gasteiger partial charge is 0.469 e. The number of anilines is 1. The molecule has 0 aliphatic heterocycles. The van der Waals surface area contributed by atoms with Crippen molar-refractivity contribution in [2.75, 3.05) is 12.4 Å². The van der Waals surface area contributed by atoms with Crippen LogP contribution in [0.25, 0.3) is 0 Å². The van der Waals surface area contributed by atoms with Gasteiger partial charge in [-0.2, -0.15) is 0 Å². The molecule has 106 valence electrons. The normalized spacial score (nSPS) is 10.3. The molecule has 0 aromatic carbocycles. The van der Waals surface area contributed by atoms with E-state index >= 15 is 0 Å². The fraction of sp³-hybridized carbons (Fsp3) is 0.357. The number of aryl methyl sites for hydroxylation is 2. The number of carbonyl (C=O) groups is 1. The Morgan fingerprint density at radius 2 is 2.35 bits per heavy atom. The van der Waals surface area contributed by atoms with Gasteiger partial charge in [0.25, 0.3) is 0 Å². The number of esters is 1. The molecule has 5 nitrogen and oxygen atoms in total. The van der Waals surface area contributed by atoms with E-state index in [1.165, 1.54) is 18.4 Å². The molecule has 0 saturated heterocycles. The summed E-state index contributed by atoms with van der Waals surface area (Å²) in [6.07, 6.45) is 2.75. The predicted molar refractivity (Wildman–Crippen MR) is 78.8 cm³/mol. The fourth-order valence-electron chi connectivity index (χ4n) is 1.70. The summed E-state index contributed by atoms with van der Waals surface area (Å²) in [5, 5.41) is 6.05. The highest BCUT2D eigenvalue weighted by Crippen LogP contribution is 2.17. The van der Waals surface area contributed by atoms with Crippen molar-refractivity contribution in [1.82, 2.24) is 9.97 Å². The van der Waals surface area contributed by atoms with E-state index < -0.39 is 0 Å². The average Bonchev–Trinajstić information content (AvgIpc) is 2.92. The number of carbonyl (C=O) groups excluding carboxylic acids is 1. The Balaban J connectivity index is 1.87. The first-order valence-electron chi connectivity index (χ1n) is 6.34. The van der Waals surface area contributed by atoms with E-state index in [1.54, 1.807) is 6.20 Å². The summed E-state index contributed by atoms with van der Waals surface area (Å²) in [4.78, 5) is 19.8. The van der Waals surface area contributed by atoms with Crippen molar-refractivity contribution in [3.8, 4) is 0 Å². The highest BCUT2D eigenvalue weighted by molar-refractivity contribution is 7.13. The molecule has 6 heteroatoms. The summed E-state index contributed by atoms with van der Waals surface area (Å²) in [6, 6.07) is 3.96. The minimum atomic E-state index is -0.211. The summed E-state index contributed by atoms with van der Waals surface area (Å²) in [7, 11) is 1.39. The van der Waals surface area contributed by atoms with Gasteiger partial charge in [-0.3, -0.25) is 9.78 Å². The van der Waals surface area contributed by atoms with Crippen LogP contribution < -0.4 is 5.32 Å². The number of methoxy groups -OCH3 is 1. The van der Waals surface area contributed by atoms with Crippen LogP contribution in [0.5, 0.6) is 0 Å². The van der Waals surface area contributed by atoms with Crippen molar-refractivity contribution >= 4 is 22.4 Å². The van der Waals surface area contributed by atoms with Crippen LogP contribution in [0.4, 0.5) is 5.13 Å². The molecule has 0 aliphatic carbocycles. The Labute approximate surface area is 122 Å². The molecule has 2 heterocycles. The first-order valence-corrected chi connectivity index (χ1v) is 7.22. The number of pyridine rings is 1. The molecular formula is C14H17N3O2S. The molecule has 20 heavy (non-hydrogen) atoms. The average molecular weight is 291 g/mol. The van der Waals surface area contributed by atoms with E-state index in [0.29, 0.717) is 19.4 Å². The van der Waals surface area contributed by atoms with Crippen molar-refractivity contribution in [3.63, 3.8) is 0 Å². The number of thiazole rings is 1. The maximum absolute atomic E-state index is 11.1. The van der Waals surface area contributed by atoms with E-state index in [4.69, 9.17) is 0 Å². The SMILES string of the molecule is COC(=O)CCc1csc(NCc2ncccc2C)n1. The van der Waals surface area contributed by atoms with Crippen LogP contribution in [-0.2, 0) is 22.5 Å². The van der Waals surface area contributed by atoms with Gasteiger partial charge in [-0.05, 0) is 18.6 Å². The van der Waals surface area contributed by atoms with Crippen LogP contribution in [-0.4, -0.2) is 23.0 Å². The number of hydrogen-bond donors (Lipinski definition) is 1. The smallest absolute Gasteiger partial charge is 0.305 e. The van der Waals surface area contributed by atoms with Gasteiger partial charge in [0, 0.05) is 18.0 Å². The predicted octanol–water partition coefficient (Wildman–Crippen LogP) is 2.56. The van der Waals surface area contributed by atoms with Gasteiger partial charge in [-0.1, -0.05) is 6.07 Å². The molecule has 2 aromatic heterocycles. The number of nitrogens with zero attached hydrogens (tertiary/aromatic N) is 2. The van der Waals surface area contributed by atoms with E-state index in [2.05, 4.69) is 20.0 Å². The topological polar surface area (TPSA) is 64.1 Å². The molecule has 0 spiro atoms. The van der Waals surface area contributed by atoms with E-state index in [9.17, 15) is 4.79 Å².